The Morgan fingerprint density at radius 1 is 1.05 bits per heavy atom. The van der Waals surface area contributed by atoms with Gasteiger partial charge in [0, 0.05) is 0 Å². The van der Waals surface area contributed by atoms with Crippen molar-refractivity contribution in [1.82, 2.24) is 0 Å². The number of rotatable bonds is 3. The maximum absolute atomic E-state index is 11.0. The van der Waals surface area contributed by atoms with Crippen LogP contribution in [0.3, 0.4) is 0 Å². The van der Waals surface area contributed by atoms with Gasteiger partial charge >= 0.3 is 5.97 Å². The second-order valence-corrected chi connectivity index (χ2v) is 3.96. The second kappa shape index (κ2) is 5.65. The molecule has 0 bridgehead atoms. The van der Waals surface area contributed by atoms with Crippen LogP contribution in [0.5, 0.6) is 0 Å². The molecule has 0 aliphatic carbocycles. The highest BCUT2D eigenvalue weighted by Crippen LogP contribution is 2.13. The number of benzene rings is 2. The van der Waals surface area contributed by atoms with Crippen LogP contribution in [0.2, 0.25) is 0 Å². The minimum absolute atomic E-state index is 0.271. The van der Waals surface area contributed by atoms with E-state index in [0.29, 0.717) is 11.1 Å². The van der Waals surface area contributed by atoms with E-state index in [1.807, 2.05) is 18.2 Å². The minimum atomic E-state index is -0.944. The van der Waals surface area contributed by atoms with Crippen molar-refractivity contribution in [3.8, 4) is 6.07 Å². The molecule has 0 heterocycles. The molecule has 0 spiro atoms. The fraction of sp³-hybridized carbons (Fsp3) is 0. The molecule has 92 valence electrons. The van der Waals surface area contributed by atoms with Crippen LogP contribution in [0.1, 0.15) is 27.0 Å². The molecule has 0 atom stereocenters. The lowest BCUT2D eigenvalue weighted by atomic mass is 10.1. The maximum Gasteiger partial charge on any atom is 0.336 e. The number of hydrogen-bond acceptors (Lipinski definition) is 2. The Morgan fingerprint density at radius 2 is 1.74 bits per heavy atom. The normalized spacial score (nSPS) is 10.3. The lowest BCUT2D eigenvalue weighted by molar-refractivity contribution is 0.0696. The number of aromatic carboxylic acids is 1. The average Bonchev–Trinajstić information content (AvgIpc) is 2.46. The lowest BCUT2D eigenvalue weighted by Gasteiger charge is -2.00. The summed E-state index contributed by atoms with van der Waals surface area (Å²) in [5, 5.41) is 17.8. The van der Waals surface area contributed by atoms with Crippen LogP contribution < -0.4 is 0 Å². The third-order valence-electron chi connectivity index (χ3n) is 2.69. The molecule has 3 nitrogen and oxygen atoms in total. The summed E-state index contributed by atoms with van der Waals surface area (Å²) >= 11 is 0. The summed E-state index contributed by atoms with van der Waals surface area (Å²) in [6.07, 6.45) is 3.58. The van der Waals surface area contributed by atoms with Crippen molar-refractivity contribution in [1.29, 1.82) is 5.26 Å². The monoisotopic (exact) mass is 249 g/mol. The average molecular weight is 249 g/mol. The molecular weight excluding hydrogens is 238 g/mol. The van der Waals surface area contributed by atoms with E-state index in [1.54, 1.807) is 42.5 Å². The van der Waals surface area contributed by atoms with E-state index >= 15 is 0 Å². The first-order chi connectivity index (χ1) is 9.20. The Kier molecular flexibility index (Phi) is 3.75. The third-order valence-corrected chi connectivity index (χ3v) is 2.69. The summed E-state index contributed by atoms with van der Waals surface area (Å²) in [7, 11) is 0. The Morgan fingerprint density at radius 3 is 2.37 bits per heavy atom. The molecule has 0 amide bonds. The predicted octanol–water partition coefficient (Wildman–Crippen LogP) is 3.43. The molecule has 2 aromatic carbocycles. The number of carboxylic acid groups (broad SMARTS) is 1. The van der Waals surface area contributed by atoms with Crippen molar-refractivity contribution in [2.45, 2.75) is 0 Å². The molecule has 0 aromatic heterocycles. The Bertz CT molecular complexity index is 664. The van der Waals surface area contributed by atoms with Crippen molar-refractivity contribution in [3.63, 3.8) is 0 Å². The molecule has 3 heteroatoms. The standard InChI is InChI=1S/C16H11NO2/c17-11-13-7-5-12(6-8-13)9-10-14-3-1-2-4-15(14)16(18)19/h1-10H,(H,18,19)/b10-9+. The van der Waals surface area contributed by atoms with E-state index in [4.69, 9.17) is 10.4 Å². The minimum Gasteiger partial charge on any atom is -0.478 e. The topological polar surface area (TPSA) is 61.1 Å². The highest BCUT2D eigenvalue weighted by molar-refractivity contribution is 5.93. The van der Waals surface area contributed by atoms with Crippen LogP contribution in [0, 0.1) is 11.3 Å². The first-order valence-corrected chi connectivity index (χ1v) is 5.71. The van der Waals surface area contributed by atoms with Crippen molar-refractivity contribution < 1.29 is 9.90 Å². The van der Waals surface area contributed by atoms with E-state index in [0.717, 1.165) is 5.56 Å². The van der Waals surface area contributed by atoms with Crippen LogP contribution in [0.15, 0.2) is 48.5 Å². The fourth-order valence-electron chi connectivity index (χ4n) is 1.69. The third kappa shape index (κ3) is 3.08. The molecule has 0 aliphatic rings. The molecule has 2 aromatic rings. The van der Waals surface area contributed by atoms with Gasteiger partial charge in [-0.1, -0.05) is 42.5 Å². The second-order valence-electron chi connectivity index (χ2n) is 3.96. The van der Waals surface area contributed by atoms with Gasteiger partial charge in [0.2, 0.25) is 0 Å². The van der Waals surface area contributed by atoms with Crippen LogP contribution >= 0.6 is 0 Å². The van der Waals surface area contributed by atoms with Gasteiger partial charge < -0.3 is 5.11 Å². The molecule has 0 unspecified atom stereocenters. The smallest absolute Gasteiger partial charge is 0.336 e. The fourth-order valence-corrected chi connectivity index (χ4v) is 1.69. The number of carboxylic acids is 1. The summed E-state index contributed by atoms with van der Waals surface area (Å²) < 4.78 is 0. The van der Waals surface area contributed by atoms with Gasteiger partial charge in [0.15, 0.2) is 0 Å². The van der Waals surface area contributed by atoms with Crippen molar-refractivity contribution in [2.75, 3.05) is 0 Å². The van der Waals surface area contributed by atoms with Gasteiger partial charge in [0.25, 0.3) is 0 Å². The predicted molar refractivity (Wildman–Crippen MR) is 73.5 cm³/mol. The number of carbonyl (C=O) groups is 1. The molecule has 0 radical (unpaired) electrons. The first-order valence-electron chi connectivity index (χ1n) is 5.71. The Balaban J connectivity index is 2.27. The highest BCUT2D eigenvalue weighted by atomic mass is 16.4. The number of hydrogen-bond donors (Lipinski definition) is 1. The summed E-state index contributed by atoms with van der Waals surface area (Å²) in [6, 6.07) is 16.0. The van der Waals surface area contributed by atoms with Gasteiger partial charge in [-0.15, -0.1) is 0 Å². The highest BCUT2D eigenvalue weighted by Gasteiger charge is 2.05. The van der Waals surface area contributed by atoms with Gasteiger partial charge in [-0.3, -0.25) is 0 Å². The van der Waals surface area contributed by atoms with Crippen molar-refractivity contribution in [2.24, 2.45) is 0 Å². The van der Waals surface area contributed by atoms with E-state index in [-0.39, 0.29) is 5.56 Å². The van der Waals surface area contributed by atoms with Crippen LogP contribution in [-0.2, 0) is 0 Å². The molecule has 19 heavy (non-hydrogen) atoms. The zero-order valence-electron chi connectivity index (χ0n) is 10.1. The van der Waals surface area contributed by atoms with E-state index in [9.17, 15) is 4.79 Å². The van der Waals surface area contributed by atoms with Gasteiger partial charge in [-0.2, -0.15) is 5.26 Å². The number of nitrogens with zero attached hydrogens (tertiary/aromatic N) is 1. The summed E-state index contributed by atoms with van der Waals surface area (Å²) in [4.78, 5) is 11.0. The van der Waals surface area contributed by atoms with Crippen molar-refractivity contribution >= 4 is 18.1 Å². The van der Waals surface area contributed by atoms with Crippen LogP contribution in [0.4, 0.5) is 0 Å². The van der Waals surface area contributed by atoms with Gasteiger partial charge in [0.05, 0.1) is 17.2 Å². The van der Waals surface area contributed by atoms with Crippen LogP contribution in [0.25, 0.3) is 12.2 Å². The van der Waals surface area contributed by atoms with Gasteiger partial charge in [-0.25, -0.2) is 4.79 Å². The van der Waals surface area contributed by atoms with E-state index < -0.39 is 5.97 Å². The summed E-state index contributed by atoms with van der Waals surface area (Å²) in [5.41, 5.74) is 2.44. The SMILES string of the molecule is N#Cc1ccc(/C=C/c2ccccc2C(=O)O)cc1. The molecule has 0 saturated heterocycles. The molecular formula is C16H11NO2. The quantitative estimate of drug-likeness (QED) is 0.848. The number of nitriles is 1. The molecule has 0 fully saturated rings. The first kappa shape index (κ1) is 12.6. The van der Waals surface area contributed by atoms with Gasteiger partial charge in [0.1, 0.15) is 0 Å². The maximum atomic E-state index is 11.0. The summed E-state index contributed by atoms with van der Waals surface area (Å²) in [5.74, 6) is -0.944. The zero-order chi connectivity index (χ0) is 13.7. The molecule has 1 N–H and O–H groups in total. The zero-order valence-corrected chi connectivity index (χ0v) is 10.1. The Labute approximate surface area is 111 Å². The van der Waals surface area contributed by atoms with Crippen molar-refractivity contribution in [3.05, 3.63) is 70.8 Å². The largest absolute Gasteiger partial charge is 0.478 e. The molecule has 2 rings (SSSR count). The molecule has 0 saturated carbocycles. The lowest BCUT2D eigenvalue weighted by Crippen LogP contribution is -1.98. The van der Waals surface area contributed by atoms with Gasteiger partial charge in [-0.05, 0) is 29.3 Å². The molecule has 0 aliphatic heterocycles. The van der Waals surface area contributed by atoms with E-state index in [1.165, 1.54) is 0 Å². The summed E-state index contributed by atoms with van der Waals surface area (Å²) in [6.45, 7) is 0. The van der Waals surface area contributed by atoms with E-state index in [2.05, 4.69) is 6.07 Å². The Hall–Kier alpha value is -2.86. The van der Waals surface area contributed by atoms with Crippen LogP contribution in [-0.4, -0.2) is 11.1 Å².